The van der Waals surface area contributed by atoms with Crippen molar-refractivity contribution in [2.75, 3.05) is 12.4 Å². The molecule has 4 heteroatoms. The molecular weight excluding hydrogens is 286 g/mol. The molecule has 3 rings (SSSR count). The minimum Gasteiger partial charge on any atom is -0.463 e. The van der Waals surface area contributed by atoms with Crippen LogP contribution in [0.15, 0.2) is 34.9 Å². The van der Waals surface area contributed by atoms with Gasteiger partial charge in [0.05, 0.1) is 5.56 Å². The van der Waals surface area contributed by atoms with Crippen molar-refractivity contribution in [1.29, 1.82) is 0 Å². The van der Waals surface area contributed by atoms with E-state index in [4.69, 9.17) is 16.0 Å². The summed E-state index contributed by atoms with van der Waals surface area (Å²) in [4.78, 5) is 14.9. The van der Waals surface area contributed by atoms with Crippen molar-refractivity contribution in [1.82, 2.24) is 4.90 Å². The third-order valence-electron chi connectivity index (χ3n) is 4.31. The van der Waals surface area contributed by atoms with E-state index >= 15 is 0 Å². The van der Waals surface area contributed by atoms with Gasteiger partial charge in [0, 0.05) is 23.9 Å². The van der Waals surface area contributed by atoms with Crippen LogP contribution in [-0.4, -0.2) is 29.3 Å². The lowest BCUT2D eigenvalue weighted by Gasteiger charge is -2.33. The molecule has 0 N–H and O–H groups in total. The summed E-state index contributed by atoms with van der Waals surface area (Å²) in [5.41, 5.74) is 1.41. The zero-order valence-electron chi connectivity index (χ0n) is 12.1. The molecule has 0 radical (unpaired) electrons. The first kappa shape index (κ1) is 14.5. The second-order valence-corrected chi connectivity index (χ2v) is 6.00. The van der Waals surface area contributed by atoms with Crippen molar-refractivity contribution >= 4 is 28.5 Å². The summed E-state index contributed by atoms with van der Waals surface area (Å²) in [5.74, 6) is 0.519. The molecule has 1 fully saturated rings. The second kappa shape index (κ2) is 6.52. The minimum absolute atomic E-state index is 0.0486. The molecular formula is C17H20ClNO2. The number of carbonyl (C=O) groups is 1. The molecule has 1 aromatic heterocycles. The molecule has 2 aromatic rings. The SMILES string of the molecule is O=C(c1coc2ccccc12)N(CCCl)C1CCCCC1. The highest BCUT2D eigenvalue weighted by Crippen LogP contribution is 2.27. The predicted molar refractivity (Wildman–Crippen MR) is 84.8 cm³/mol. The summed E-state index contributed by atoms with van der Waals surface area (Å²) >= 11 is 5.92. The lowest BCUT2D eigenvalue weighted by Crippen LogP contribution is -2.42. The van der Waals surface area contributed by atoms with Gasteiger partial charge in [0.25, 0.3) is 5.91 Å². The summed E-state index contributed by atoms with van der Waals surface area (Å²) in [6.45, 7) is 0.602. The van der Waals surface area contributed by atoms with E-state index in [0.717, 1.165) is 23.8 Å². The van der Waals surface area contributed by atoms with Crippen LogP contribution in [0, 0.1) is 0 Å². The quantitative estimate of drug-likeness (QED) is 0.782. The average molecular weight is 306 g/mol. The van der Waals surface area contributed by atoms with E-state index in [1.54, 1.807) is 6.26 Å². The number of benzene rings is 1. The van der Waals surface area contributed by atoms with Crippen LogP contribution in [0.4, 0.5) is 0 Å². The van der Waals surface area contributed by atoms with Crippen LogP contribution in [0.25, 0.3) is 11.0 Å². The van der Waals surface area contributed by atoms with Gasteiger partial charge in [-0.25, -0.2) is 0 Å². The van der Waals surface area contributed by atoms with Gasteiger partial charge in [-0.1, -0.05) is 37.5 Å². The maximum atomic E-state index is 12.9. The van der Waals surface area contributed by atoms with E-state index in [1.807, 2.05) is 29.2 Å². The molecule has 0 unspecified atom stereocenters. The minimum atomic E-state index is 0.0486. The van der Waals surface area contributed by atoms with Crippen molar-refractivity contribution in [3.8, 4) is 0 Å². The highest BCUT2D eigenvalue weighted by Gasteiger charge is 2.27. The normalized spacial score (nSPS) is 16.2. The molecule has 0 spiro atoms. The lowest BCUT2D eigenvalue weighted by molar-refractivity contribution is 0.0650. The number of fused-ring (bicyclic) bond motifs is 1. The standard InChI is InChI=1S/C17H20ClNO2/c18-10-11-19(13-6-2-1-3-7-13)17(20)15-12-21-16-9-5-4-8-14(15)16/h4-5,8-9,12-13H,1-3,6-7,10-11H2. The zero-order valence-corrected chi connectivity index (χ0v) is 12.8. The molecule has 1 aliphatic rings. The van der Waals surface area contributed by atoms with E-state index in [0.29, 0.717) is 24.0 Å². The predicted octanol–water partition coefficient (Wildman–Crippen LogP) is 4.45. The maximum Gasteiger partial charge on any atom is 0.258 e. The molecule has 1 aliphatic carbocycles. The number of carbonyl (C=O) groups excluding carboxylic acids is 1. The van der Waals surface area contributed by atoms with E-state index in [9.17, 15) is 4.79 Å². The number of amides is 1. The molecule has 112 valence electrons. The smallest absolute Gasteiger partial charge is 0.258 e. The van der Waals surface area contributed by atoms with Crippen LogP contribution in [0.1, 0.15) is 42.5 Å². The Hall–Kier alpha value is -1.48. The molecule has 0 atom stereocenters. The van der Waals surface area contributed by atoms with Crippen molar-refractivity contribution in [2.24, 2.45) is 0 Å². The molecule has 1 amide bonds. The Morgan fingerprint density at radius 1 is 1.24 bits per heavy atom. The van der Waals surface area contributed by atoms with Gasteiger partial charge in [0.15, 0.2) is 0 Å². The van der Waals surface area contributed by atoms with Crippen molar-refractivity contribution in [2.45, 2.75) is 38.1 Å². The molecule has 0 aliphatic heterocycles. The third kappa shape index (κ3) is 2.93. The number of alkyl halides is 1. The molecule has 1 aromatic carbocycles. The second-order valence-electron chi connectivity index (χ2n) is 5.62. The number of rotatable bonds is 4. The topological polar surface area (TPSA) is 33.5 Å². The van der Waals surface area contributed by atoms with Crippen LogP contribution in [0.2, 0.25) is 0 Å². The van der Waals surface area contributed by atoms with Crippen LogP contribution < -0.4 is 0 Å². The number of furan rings is 1. The molecule has 3 nitrogen and oxygen atoms in total. The van der Waals surface area contributed by atoms with Crippen molar-refractivity contribution in [3.63, 3.8) is 0 Å². The Labute approximate surface area is 129 Å². The van der Waals surface area contributed by atoms with Crippen LogP contribution in [0.5, 0.6) is 0 Å². The first-order chi connectivity index (χ1) is 10.3. The Morgan fingerprint density at radius 2 is 2.00 bits per heavy atom. The summed E-state index contributed by atoms with van der Waals surface area (Å²) in [7, 11) is 0. The van der Waals surface area contributed by atoms with Gasteiger partial charge in [0.2, 0.25) is 0 Å². The van der Waals surface area contributed by atoms with Gasteiger partial charge >= 0.3 is 0 Å². The third-order valence-corrected chi connectivity index (χ3v) is 4.48. The Bertz CT molecular complexity index is 616. The summed E-state index contributed by atoms with van der Waals surface area (Å²) in [5, 5.41) is 0.887. The Kier molecular flexibility index (Phi) is 4.49. The van der Waals surface area contributed by atoms with Crippen molar-refractivity contribution in [3.05, 3.63) is 36.1 Å². The molecule has 0 bridgehead atoms. The number of hydrogen-bond donors (Lipinski definition) is 0. The first-order valence-electron chi connectivity index (χ1n) is 7.64. The number of hydrogen-bond acceptors (Lipinski definition) is 2. The van der Waals surface area contributed by atoms with Crippen LogP contribution in [-0.2, 0) is 0 Å². The zero-order chi connectivity index (χ0) is 14.7. The van der Waals surface area contributed by atoms with E-state index in [1.165, 1.54) is 19.3 Å². The number of halogens is 1. The number of para-hydroxylation sites is 1. The van der Waals surface area contributed by atoms with E-state index in [-0.39, 0.29) is 5.91 Å². The summed E-state index contributed by atoms with van der Waals surface area (Å²) in [6, 6.07) is 7.99. The highest BCUT2D eigenvalue weighted by molar-refractivity contribution is 6.18. The van der Waals surface area contributed by atoms with Crippen molar-refractivity contribution < 1.29 is 9.21 Å². The molecule has 0 saturated heterocycles. The van der Waals surface area contributed by atoms with E-state index < -0.39 is 0 Å². The van der Waals surface area contributed by atoms with Crippen LogP contribution in [0.3, 0.4) is 0 Å². The van der Waals surface area contributed by atoms with Gasteiger partial charge in [-0.3, -0.25) is 4.79 Å². The summed E-state index contributed by atoms with van der Waals surface area (Å²) < 4.78 is 5.51. The van der Waals surface area contributed by atoms with Gasteiger partial charge in [-0.05, 0) is 18.9 Å². The Morgan fingerprint density at radius 3 is 2.76 bits per heavy atom. The highest BCUT2D eigenvalue weighted by atomic mass is 35.5. The fraction of sp³-hybridized carbons (Fsp3) is 0.471. The molecule has 1 saturated carbocycles. The van der Waals surface area contributed by atoms with Gasteiger partial charge < -0.3 is 9.32 Å². The largest absolute Gasteiger partial charge is 0.463 e. The molecule has 1 heterocycles. The summed E-state index contributed by atoms with van der Waals surface area (Å²) in [6.07, 6.45) is 7.41. The van der Waals surface area contributed by atoms with Gasteiger partial charge in [-0.15, -0.1) is 11.6 Å². The number of nitrogens with zero attached hydrogens (tertiary/aromatic N) is 1. The monoisotopic (exact) mass is 305 g/mol. The molecule has 21 heavy (non-hydrogen) atoms. The van der Waals surface area contributed by atoms with Gasteiger partial charge in [0.1, 0.15) is 11.8 Å². The average Bonchev–Trinajstić information content (AvgIpc) is 2.97. The Balaban J connectivity index is 1.89. The van der Waals surface area contributed by atoms with E-state index in [2.05, 4.69) is 0 Å². The first-order valence-corrected chi connectivity index (χ1v) is 8.18. The fourth-order valence-corrected chi connectivity index (χ4v) is 3.41. The lowest BCUT2D eigenvalue weighted by atomic mass is 9.93. The fourth-order valence-electron chi connectivity index (χ4n) is 3.23. The van der Waals surface area contributed by atoms with Gasteiger partial charge in [-0.2, -0.15) is 0 Å². The van der Waals surface area contributed by atoms with Crippen LogP contribution >= 0.6 is 11.6 Å². The maximum absolute atomic E-state index is 12.9.